The molecule has 6 rings (SSSR count). The van der Waals surface area contributed by atoms with Crippen LogP contribution in [-0.4, -0.2) is 99.0 Å². The number of nitrogens with zero attached hydrogens (tertiary/aromatic N) is 6. The number of aliphatic hydroxyl groups is 2. The quantitative estimate of drug-likeness (QED) is 0.0772. The van der Waals surface area contributed by atoms with Gasteiger partial charge < -0.3 is 55.2 Å². The maximum absolute atomic E-state index is 13.2. The lowest BCUT2D eigenvalue weighted by Gasteiger charge is -2.14. The second kappa shape index (κ2) is 15.2. The van der Waals surface area contributed by atoms with E-state index in [1.54, 1.807) is 70.1 Å². The van der Waals surface area contributed by atoms with Gasteiger partial charge in [0.05, 0.1) is 36.1 Å². The van der Waals surface area contributed by atoms with Crippen LogP contribution in [0, 0.1) is 0 Å². The molecule has 280 valence electrons. The van der Waals surface area contributed by atoms with Crippen molar-refractivity contribution in [3.63, 3.8) is 0 Å². The number of nitrogens with one attached hydrogen (secondary N) is 6. The average Bonchev–Trinajstić information content (AvgIpc) is 3.92. The fourth-order valence-corrected chi connectivity index (χ4v) is 6.03. The average molecular weight is 733 g/mol. The second-order valence-corrected chi connectivity index (χ2v) is 12.7. The molecule has 1 fully saturated rings. The molecule has 20 nitrogen and oxygen atoms in total. The summed E-state index contributed by atoms with van der Waals surface area (Å²) in [7, 11) is 5.01. The van der Waals surface area contributed by atoms with Gasteiger partial charge in [-0.25, -0.2) is 4.98 Å². The first-order valence-electron chi connectivity index (χ1n) is 16.6. The number of aliphatic hydroxyl groups excluding tert-OH is 2. The van der Waals surface area contributed by atoms with Crippen LogP contribution >= 0.6 is 0 Å². The van der Waals surface area contributed by atoms with Gasteiger partial charge >= 0.3 is 0 Å². The molecule has 0 unspecified atom stereocenters. The highest BCUT2D eigenvalue weighted by molar-refractivity contribution is 6.07. The highest BCUT2D eigenvalue weighted by Gasteiger charge is 2.35. The van der Waals surface area contributed by atoms with Crippen LogP contribution in [0.5, 0.6) is 0 Å². The van der Waals surface area contributed by atoms with Crippen molar-refractivity contribution < 1.29 is 34.1 Å². The first-order chi connectivity index (χ1) is 25.3. The zero-order chi connectivity index (χ0) is 38.0. The van der Waals surface area contributed by atoms with Crippen molar-refractivity contribution in [2.24, 2.45) is 21.1 Å². The van der Waals surface area contributed by atoms with E-state index in [1.807, 2.05) is 0 Å². The first kappa shape index (κ1) is 36.5. The van der Waals surface area contributed by atoms with E-state index in [-0.39, 0.29) is 54.2 Å². The molecule has 0 bridgehead atoms. The Balaban J connectivity index is 0.994. The summed E-state index contributed by atoms with van der Waals surface area (Å²) in [5, 5.41) is 33.6. The predicted octanol–water partition coefficient (Wildman–Crippen LogP) is 0.471. The van der Waals surface area contributed by atoms with Crippen molar-refractivity contribution in [2.45, 2.75) is 38.2 Å². The summed E-state index contributed by atoms with van der Waals surface area (Å²) in [6.45, 7) is 1.67. The van der Waals surface area contributed by atoms with Crippen LogP contribution in [0.1, 0.15) is 57.5 Å². The fourth-order valence-electron chi connectivity index (χ4n) is 6.03. The van der Waals surface area contributed by atoms with E-state index >= 15 is 0 Å². The van der Waals surface area contributed by atoms with Gasteiger partial charge in [-0.1, -0.05) is 0 Å². The zero-order valence-corrected chi connectivity index (χ0v) is 29.3. The summed E-state index contributed by atoms with van der Waals surface area (Å²) < 4.78 is 11.9. The third-order valence-electron chi connectivity index (χ3n) is 8.61. The zero-order valence-electron chi connectivity index (χ0n) is 29.3. The lowest BCUT2D eigenvalue weighted by molar-refractivity contribution is -0.114. The summed E-state index contributed by atoms with van der Waals surface area (Å²) in [6.07, 6.45) is 4.65. The Labute approximate surface area is 301 Å². The van der Waals surface area contributed by atoms with E-state index in [1.165, 1.54) is 19.3 Å². The molecule has 8 N–H and O–H groups in total. The minimum absolute atomic E-state index is 0.104. The number of hydrogen-bond acceptors (Lipinski definition) is 11. The molecular weight excluding hydrogens is 692 g/mol. The van der Waals surface area contributed by atoms with Gasteiger partial charge in [0.1, 0.15) is 29.4 Å². The topological polar surface area (TPSA) is 256 Å². The highest BCUT2D eigenvalue weighted by atomic mass is 16.5. The summed E-state index contributed by atoms with van der Waals surface area (Å²) >= 11 is 0. The van der Waals surface area contributed by atoms with Gasteiger partial charge in [0.25, 0.3) is 23.3 Å². The van der Waals surface area contributed by atoms with Crippen molar-refractivity contribution in [2.75, 3.05) is 41.0 Å². The lowest BCUT2D eigenvalue weighted by Crippen LogP contribution is -2.27. The van der Waals surface area contributed by atoms with Gasteiger partial charge in [-0.2, -0.15) is 4.98 Å². The van der Waals surface area contributed by atoms with E-state index in [0.29, 0.717) is 41.4 Å². The lowest BCUT2D eigenvalue weighted by atomic mass is 10.2. The van der Waals surface area contributed by atoms with Crippen molar-refractivity contribution >= 4 is 57.8 Å². The number of rotatable bonds is 13. The molecule has 5 aromatic rings. The Morgan fingerprint density at radius 1 is 0.887 bits per heavy atom. The van der Waals surface area contributed by atoms with Gasteiger partial charge in [-0.3, -0.25) is 33.5 Å². The molecule has 4 amide bonds. The van der Waals surface area contributed by atoms with Gasteiger partial charge in [0.2, 0.25) is 11.9 Å². The minimum Gasteiger partial charge on any atom is -0.394 e. The molecule has 0 aliphatic carbocycles. The molecule has 6 heterocycles. The predicted molar refractivity (Wildman–Crippen MR) is 192 cm³/mol. The number of amides is 4. The molecule has 5 aromatic heterocycles. The van der Waals surface area contributed by atoms with Gasteiger partial charge in [0, 0.05) is 66.2 Å². The largest absolute Gasteiger partial charge is 0.394 e. The van der Waals surface area contributed by atoms with Crippen LogP contribution < -0.4 is 32.1 Å². The number of imidazole rings is 1. The molecule has 53 heavy (non-hydrogen) atoms. The summed E-state index contributed by atoms with van der Waals surface area (Å²) in [5.41, 5.74) is 2.03. The monoisotopic (exact) mass is 732 g/mol. The number of aromatic amines is 1. The first-order valence-corrected chi connectivity index (χ1v) is 16.6. The molecule has 1 aliphatic heterocycles. The second-order valence-electron chi connectivity index (χ2n) is 12.7. The van der Waals surface area contributed by atoms with E-state index in [4.69, 9.17) is 4.74 Å². The SMILES string of the molecule is CC(=O)Nc1cc(C(=O)Nc2cc(C(=O)Nc3cc(C(=O)NCCCNc4nc5c(ncn5[C@H]5C[C@H](O)[C@@H](CO)O5)c(=O)[nH]4)n(C)c3)n(C)c2)n(C)c1. The van der Waals surface area contributed by atoms with Crippen molar-refractivity contribution in [3.05, 3.63) is 70.6 Å². The number of carbonyl (C=O) groups is 4. The van der Waals surface area contributed by atoms with Crippen LogP contribution in [0.3, 0.4) is 0 Å². The number of hydrogen-bond donors (Lipinski definition) is 8. The Morgan fingerprint density at radius 2 is 1.45 bits per heavy atom. The van der Waals surface area contributed by atoms with Crippen molar-refractivity contribution in [1.82, 2.24) is 38.5 Å². The number of aromatic nitrogens is 7. The number of anilines is 4. The number of aryl methyl sites for hydroxylation is 3. The Kier molecular flexibility index (Phi) is 10.4. The Hall–Kier alpha value is -6.25. The van der Waals surface area contributed by atoms with E-state index in [9.17, 15) is 34.2 Å². The molecule has 0 radical (unpaired) electrons. The van der Waals surface area contributed by atoms with Gasteiger partial charge in [-0.05, 0) is 24.6 Å². The molecule has 1 aliphatic rings. The van der Waals surface area contributed by atoms with Crippen molar-refractivity contribution in [3.8, 4) is 0 Å². The summed E-state index contributed by atoms with van der Waals surface area (Å²) in [5.74, 6) is -1.32. The maximum Gasteiger partial charge on any atom is 0.280 e. The summed E-state index contributed by atoms with van der Waals surface area (Å²) in [6, 6.07) is 4.61. The fraction of sp³-hybridized carbons (Fsp3) is 0.364. The Morgan fingerprint density at radius 3 is 2.00 bits per heavy atom. The number of carbonyl (C=O) groups excluding carboxylic acids is 4. The normalized spacial score (nSPS) is 16.8. The third kappa shape index (κ3) is 7.98. The van der Waals surface area contributed by atoms with Crippen molar-refractivity contribution in [1.29, 1.82) is 0 Å². The van der Waals surface area contributed by atoms with Crippen LogP contribution in [-0.2, 0) is 30.7 Å². The van der Waals surface area contributed by atoms with Crippen LogP contribution in [0.2, 0.25) is 0 Å². The molecule has 0 spiro atoms. The molecule has 1 saturated heterocycles. The van der Waals surface area contributed by atoms with Crippen LogP contribution in [0.4, 0.5) is 23.0 Å². The Bertz CT molecular complexity index is 2240. The van der Waals surface area contributed by atoms with E-state index < -0.39 is 35.8 Å². The standard InChI is InChI=1S/C33H40N12O8/c1-17(47)37-18-8-22(43(3)12-18)30(50)39-20-10-23(44(4)14-20)31(51)38-19-9-21(42(2)13-19)29(49)34-6-5-7-35-33-40-28-27(32(52)41-33)36-16-45(28)26-11-24(48)25(15-46)53-26/h8-10,12-14,16,24-26,46,48H,5-7,11,15H2,1-4H3,(H,34,49)(H,37,47)(H,38,51)(H,39,50)(H2,35,40,41,52)/t24-,25+,26+/m0/s1. The summed E-state index contributed by atoms with van der Waals surface area (Å²) in [4.78, 5) is 74.2. The minimum atomic E-state index is -0.863. The maximum atomic E-state index is 13.2. The van der Waals surface area contributed by atoms with Gasteiger partial charge in [0.15, 0.2) is 11.2 Å². The van der Waals surface area contributed by atoms with Gasteiger partial charge in [-0.15, -0.1) is 0 Å². The van der Waals surface area contributed by atoms with Crippen LogP contribution in [0.15, 0.2) is 47.9 Å². The van der Waals surface area contributed by atoms with E-state index in [0.717, 1.165) is 0 Å². The van der Waals surface area contributed by atoms with E-state index in [2.05, 4.69) is 41.5 Å². The molecule has 0 saturated carbocycles. The smallest absolute Gasteiger partial charge is 0.280 e. The van der Waals surface area contributed by atoms with Crippen LogP contribution in [0.25, 0.3) is 11.2 Å². The molecule has 3 atom stereocenters. The molecule has 20 heteroatoms. The highest BCUT2D eigenvalue weighted by Crippen LogP contribution is 2.30. The number of H-pyrrole nitrogens is 1. The number of fused-ring (bicyclic) bond motifs is 1. The third-order valence-corrected chi connectivity index (χ3v) is 8.61. The molecular formula is C33H40N12O8. The molecule has 0 aromatic carbocycles. The number of ether oxygens (including phenoxy) is 1.